The van der Waals surface area contributed by atoms with Gasteiger partial charge in [0.1, 0.15) is 78.2 Å². The molecule has 0 radical (unpaired) electrons. The molecule has 0 saturated heterocycles. The number of carbonyl (C=O) groups excluding carboxylic acids is 2. The molecule has 0 aromatic carbocycles. The molecule has 0 aliphatic carbocycles. The van der Waals surface area contributed by atoms with Crippen molar-refractivity contribution in [3.63, 3.8) is 0 Å². The number of halogens is 36. The maximum Gasteiger partial charge on any atom is 0.425 e. The average molecular weight is 1430 g/mol. The van der Waals surface area contributed by atoms with Crippen LogP contribution in [0.5, 0.6) is 0 Å². The fourth-order valence-corrected chi connectivity index (χ4v) is 5.72. The van der Waals surface area contributed by atoms with Crippen molar-refractivity contribution in [2.45, 2.75) is 174 Å². The molecule has 0 aliphatic rings. The van der Waals surface area contributed by atoms with Gasteiger partial charge < -0.3 is 28.4 Å². The Hall–Kier alpha value is -3.98. The summed E-state index contributed by atoms with van der Waals surface area (Å²) in [7, 11) is 0. The number of hydrogen-bond acceptors (Lipinski definition) is 14. The van der Waals surface area contributed by atoms with Gasteiger partial charge in [0.15, 0.2) is 13.2 Å². The standard InChI is InChI=1S/C40H42F36O14/c41-19(85-33(59,60)9-27(45,46)15-81-7-21(43)87-35(63,64)11-29(49,50)17-83-25(77)23(39(71,72)73)89-37(67,68)13-31(53,54)55)5-79-3-1-2-4-80-6-20(42)86-34(61,62)10-28(47,48)16-82-8-22(44)88-36(65,66)12-30(51,52)18-84-26(78)24(40(74,75)76)90-38(69,70)14-32(56,57)58/h19-24H,1-18H2. The predicted molar refractivity (Wildman–Crippen MR) is 209 cm³/mol. The molecule has 90 heavy (non-hydrogen) atoms. The SMILES string of the molecule is O=C(OCC(F)(F)CC(F)(F)OC(F)COCC(F)(F)CC(F)(F)OC(F)COCCCCOCC(F)OC(F)(F)CC(F)(F)COCC(F)OC(F)(F)CC(F)(F)COC(=O)C(OC(F)(F)CC(F)(F)F)C(F)(F)F)C(OC(F)(F)CC(F)(F)F)C(F)(F)F. The highest BCUT2D eigenvalue weighted by Crippen LogP contribution is 2.42. The molecule has 0 aromatic heterocycles. The van der Waals surface area contributed by atoms with E-state index in [0.717, 1.165) is 0 Å². The second-order valence-corrected chi connectivity index (χ2v) is 17.8. The van der Waals surface area contributed by atoms with E-state index in [0.29, 0.717) is 0 Å². The first-order valence-electron chi connectivity index (χ1n) is 23.2. The summed E-state index contributed by atoms with van der Waals surface area (Å²) in [5.74, 6) is -27.1. The first kappa shape index (κ1) is 86.0. The smallest absolute Gasteiger partial charge is 0.425 e. The molecule has 0 fully saturated rings. The lowest BCUT2D eigenvalue weighted by Crippen LogP contribution is -2.47. The fraction of sp³-hybridized carbons (Fsp3) is 0.950. The summed E-state index contributed by atoms with van der Waals surface area (Å²) in [6.07, 6.45) is -101. The zero-order chi connectivity index (χ0) is 70.8. The summed E-state index contributed by atoms with van der Waals surface area (Å²) in [4.78, 5) is 22.9. The normalized spacial score (nSPS) is 16.6. The molecule has 0 spiro atoms. The Kier molecular flexibility index (Phi) is 31.9. The van der Waals surface area contributed by atoms with Gasteiger partial charge in [-0.15, -0.1) is 0 Å². The quantitative estimate of drug-likeness (QED) is 0.0324. The number of carbonyl (C=O) groups is 2. The van der Waals surface area contributed by atoms with Gasteiger partial charge in [0, 0.05) is 13.2 Å². The van der Waals surface area contributed by atoms with Crippen LogP contribution < -0.4 is 0 Å². The first-order valence-corrected chi connectivity index (χ1v) is 23.2. The molecule has 6 atom stereocenters. The molecule has 14 nitrogen and oxygen atoms in total. The number of hydrogen-bond donors (Lipinski definition) is 0. The van der Waals surface area contributed by atoms with Gasteiger partial charge in [-0.25, -0.2) is 62.3 Å². The van der Waals surface area contributed by atoms with Gasteiger partial charge in [0.05, 0.1) is 0 Å². The summed E-state index contributed by atoms with van der Waals surface area (Å²) < 4.78 is 524. The van der Waals surface area contributed by atoms with Crippen LogP contribution in [0, 0.1) is 0 Å². The highest BCUT2D eigenvalue weighted by Gasteiger charge is 2.59. The molecule has 0 rings (SSSR count). The van der Waals surface area contributed by atoms with E-state index >= 15 is 0 Å². The molecule has 50 heteroatoms. The Balaban J connectivity index is 4.77. The van der Waals surface area contributed by atoms with Crippen molar-refractivity contribution in [2.24, 2.45) is 0 Å². The van der Waals surface area contributed by atoms with Gasteiger partial charge in [-0.1, -0.05) is 0 Å². The van der Waals surface area contributed by atoms with Gasteiger partial charge in [-0.3, -0.25) is 28.4 Å². The highest BCUT2D eigenvalue weighted by atomic mass is 19.4. The van der Waals surface area contributed by atoms with E-state index < -0.39 is 239 Å². The maximum absolute atomic E-state index is 14.0. The third-order valence-corrected chi connectivity index (χ3v) is 8.78. The van der Waals surface area contributed by atoms with Crippen LogP contribution in [0.2, 0.25) is 0 Å². The lowest BCUT2D eigenvalue weighted by molar-refractivity contribution is -0.346. The van der Waals surface area contributed by atoms with Crippen LogP contribution in [0.1, 0.15) is 51.4 Å². The minimum Gasteiger partial charge on any atom is -0.457 e. The second kappa shape index (κ2) is 33.4. The summed E-state index contributed by atoms with van der Waals surface area (Å²) in [6.45, 7) is -19.2. The van der Waals surface area contributed by atoms with Gasteiger partial charge in [0.2, 0.25) is 25.4 Å². The van der Waals surface area contributed by atoms with Crippen molar-refractivity contribution in [1.82, 2.24) is 0 Å². The van der Waals surface area contributed by atoms with E-state index in [4.69, 9.17) is 0 Å². The molecule has 0 heterocycles. The van der Waals surface area contributed by atoms with E-state index in [1.165, 1.54) is 0 Å². The zero-order valence-corrected chi connectivity index (χ0v) is 43.5. The van der Waals surface area contributed by atoms with Crippen LogP contribution in [0.15, 0.2) is 0 Å². The van der Waals surface area contributed by atoms with E-state index in [-0.39, 0.29) is 12.8 Å². The van der Waals surface area contributed by atoms with E-state index in [9.17, 15) is 168 Å². The van der Waals surface area contributed by atoms with E-state index in [1.807, 2.05) is 0 Å². The zero-order valence-electron chi connectivity index (χ0n) is 43.5. The summed E-state index contributed by atoms with van der Waals surface area (Å²) >= 11 is 0. The molecular formula is C40H42F36O14. The van der Waals surface area contributed by atoms with Gasteiger partial charge in [-0.05, 0) is 12.8 Å². The van der Waals surface area contributed by atoms with Crippen LogP contribution in [0.3, 0.4) is 0 Å². The molecule has 6 unspecified atom stereocenters. The van der Waals surface area contributed by atoms with Crippen LogP contribution in [0.4, 0.5) is 158 Å². The first-order chi connectivity index (χ1) is 39.9. The number of ether oxygens (including phenoxy) is 12. The minimum atomic E-state index is -6.40. The fourth-order valence-electron chi connectivity index (χ4n) is 5.72. The molecule has 0 amide bonds. The van der Waals surface area contributed by atoms with Crippen LogP contribution in [-0.2, 0) is 66.4 Å². The van der Waals surface area contributed by atoms with Crippen molar-refractivity contribution in [2.75, 3.05) is 66.1 Å². The molecular weight excluding hydrogens is 1390 g/mol. The summed E-state index contributed by atoms with van der Waals surface area (Å²) in [5, 5.41) is 0. The maximum atomic E-state index is 14.0. The Bertz CT molecular complexity index is 1970. The lowest BCUT2D eigenvalue weighted by Gasteiger charge is -2.27. The van der Waals surface area contributed by atoms with Crippen molar-refractivity contribution in [3.05, 3.63) is 0 Å². The number of rotatable bonds is 45. The van der Waals surface area contributed by atoms with E-state index in [1.54, 1.807) is 0 Å². The van der Waals surface area contributed by atoms with Crippen LogP contribution in [-0.4, -0.2) is 201 Å². The van der Waals surface area contributed by atoms with E-state index in [2.05, 4.69) is 56.8 Å². The minimum absolute atomic E-state index is 0.319. The van der Waals surface area contributed by atoms with Crippen molar-refractivity contribution < 1.29 is 224 Å². The average Bonchev–Trinajstić information content (AvgIpc) is 1.05. The monoisotopic (exact) mass is 1430 g/mol. The number of alkyl halides is 36. The number of esters is 2. The second-order valence-electron chi connectivity index (χ2n) is 17.8. The Morgan fingerprint density at radius 1 is 0.278 bits per heavy atom. The highest BCUT2D eigenvalue weighted by molar-refractivity contribution is 5.76. The topological polar surface area (TPSA) is 145 Å². The molecule has 0 saturated carbocycles. The van der Waals surface area contributed by atoms with Gasteiger partial charge in [-0.2, -0.15) is 105 Å². The Morgan fingerprint density at radius 3 is 0.711 bits per heavy atom. The van der Waals surface area contributed by atoms with Crippen molar-refractivity contribution in [3.8, 4) is 0 Å². The number of unbranched alkanes of at least 4 members (excludes halogenated alkanes) is 1. The summed E-state index contributed by atoms with van der Waals surface area (Å²) in [5.41, 5.74) is 0. The molecule has 0 N–H and O–H groups in total. The Labute approximate surface area is 477 Å². The molecule has 0 aromatic rings. The van der Waals surface area contributed by atoms with Gasteiger partial charge >= 0.3 is 73.3 Å². The predicted octanol–water partition coefficient (Wildman–Crippen LogP) is 13.6. The molecule has 0 bridgehead atoms. The van der Waals surface area contributed by atoms with Crippen molar-refractivity contribution in [1.29, 1.82) is 0 Å². The summed E-state index contributed by atoms with van der Waals surface area (Å²) in [6, 6.07) is 0. The van der Waals surface area contributed by atoms with Gasteiger partial charge in [0.25, 0.3) is 35.9 Å². The Morgan fingerprint density at radius 2 is 0.489 bits per heavy atom. The molecule has 538 valence electrons. The lowest BCUT2D eigenvalue weighted by atomic mass is 10.2. The van der Waals surface area contributed by atoms with Crippen LogP contribution in [0.25, 0.3) is 0 Å². The third-order valence-electron chi connectivity index (χ3n) is 8.78. The third kappa shape index (κ3) is 40.9. The van der Waals surface area contributed by atoms with Crippen molar-refractivity contribution >= 4 is 11.9 Å². The van der Waals surface area contributed by atoms with Crippen LogP contribution >= 0.6 is 0 Å². The molecule has 0 aliphatic heterocycles. The largest absolute Gasteiger partial charge is 0.457 e.